The second-order valence-electron chi connectivity index (χ2n) is 11.2. The standard InChI is InChI=1S/C38H31N5/c1-25-13-17-31-35(21-25)42(29-9-5-3-6-10-29)37-23-27(15-19-33(37)40-31)39-28-16-20-34-38(24-28)43(30-11-7-4-8-12-30)36-22-26(2)14-18-32(36)41-34/h3-24,39-41H,1-2H3. The molecule has 43 heavy (non-hydrogen) atoms. The maximum atomic E-state index is 3.71. The van der Waals surface area contributed by atoms with Crippen LogP contribution in [-0.2, 0) is 0 Å². The van der Waals surface area contributed by atoms with Crippen LogP contribution in [0.5, 0.6) is 0 Å². The van der Waals surface area contributed by atoms with Gasteiger partial charge in [-0.1, -0.05) is 48.5 Å². The van der Waals surface area contributed by atoms with Gasteiger partial charge in [0, 0.05) is 22.7 Å². The summed E-state index contributed by atoms with van der Waals surface area (Å²) in [6, 6.07) is 47.3. The molecule has 208 valence electrons. The molecule has 0 bridgehead atoms. The van der Waals surface area contributed by atoms with Gasteiger partial charge in [-0.15, -0.1) is 0 Å². The number of aryl methyl sites for hydroxylation is 2. The zero-order valence-electron chi connectivity index (χ0n) is 24.1. The van der Waals surface area contributed by atoms with Crippen molar-refractivity contribution in [1.29, 1.82) is 0 Å². The highest BCUT2D eigenvalue weighted by molar-refractivity contribution is 6.00. The normalized spacial score (nSPS) is 12.7. The molecule has 0 spiro atoms. The van der Waals surface area contributed by atoms with Gasteiger partial charge in [-0.3, -0.25) is 0 Å². The molecular formula is C38H31N5. The molecule has 0 unspecified atom stereocenters. The van der Waals surface area contributed by atoms with Gasteiger partial charge in [-0.25, -0.2) is 0 Å². The van der Waals surface area contributed by atoms with Gasteiger partial charge in [-0.2, -0.15) is 0 Å². The first kappa shape index (κ1) is 25.1. The molecule has 2 aliphatic heterocycles. The molecule has 2 heterocycles. The summed E-state index contributed by atoms with van der Waals surface area (Å²) >= 11 is 0. The molecule has 0 radical (unpaired) electrons. The molecule has 2 aliphatic rings. The molecular weight excluding hydrogens is 526 g/mol. The van der Waals surface area contributed by atoms with Gasteiger partial charge in [0.25, 0.3) is 0 Å². The maximum Gasteiger partial charge on any atom is 0.0718 e. The minimum atomic E-state index is 1.02. The van der Waals surface area contributed by atoms with Crippen LogP contribution in [0.1, 0.15) is 11.1 Å². The number of anilines is 12. The van der Waals surface area contributed by atoms with Crippen LogP contribution in [0.4, 0.5) is 68.2 Å². The summed E-state index contributed by atoms with van der Waals surface area (Å²) < 4.78 is 0. The number of fused-ring (bicyclic) bond motifs is 4. The van der Waals surface area contributed by atoms with Crippen molar-refractivity contribution in [2.24, 2.45) is 0 Å². The Morgan fingerprint density at radius 1 is 0.419 bits per heavy atom. The van der Waals surface area contributed by atoms with Gasteiger partial charge in [-0.05, 0) is 110 Å². The Morgan fingerprint density at radius 2 is 0.791 bits per heavy atom. The van der Waals surface area contributed by atoms with Crippen LogP contribution in [0, 0.1) is 13.8 Å². The predicted molar refractivity (Wildman–Crippen MR) is 182 cm³/mol. The number of benzene rings is 6. The molecule has 3 N–H and O–H groups in total. The second-order valence-corrected chi connectivity index (χ2v) is 11.2. The fraction of sp³-hybridized carbons (Fsp3) is 0.0526. The van der Waals surface area contributed by atoms with Crippen molar-refractivity contribution in [1.82, 2.24) is 0 Å². The summed E-state index contributed by atoms with van der Waals surface area (Å²) in [5, 5.41) is 11.0. The third-order valence-electron chi connectivity index (χ3n) is 8.12. The van der Waals surface area contributed by atoms with Crippen molar-refractivity contribution in [3.05, 3.63) is 145 Å². The monoisotopic (exact) mass is 557 g/mol. The summed E-state index contributed by atoms with van der Waals surface area (Å²) in [5.74, 6) is 0. The molecule has 8 rings (SSSR count). The summed E-state index contributed by atoms with van der Waals surface area (Å²) in [7, 11) is 0. The van der Waals surface area contributed by atoms with E-state index in [1.165, 1.54) is 11.1 Å². The van der Waals surface area contributed by atoms with Crippen LogP contribution in [0.15, 0.2) is 133 Å². The van der Waals surface area contributed by atoms with E-state index in [1.807, 2.05) is 0 Å². The molecule has 6 aromatic rings. The van der Waals surface area contributed by atoms with E-state index < -0.39 is 0 Å². The molecule has 0 fully saturated rings. The van der Waals surface area contributed by atoms with E-state index in [2.05, 4.69) is 173 Å². The van der Waals surface area contributed by atoms with Crippen molar-refractivity contribution in [2.45, 2.75) is 13.8 Å². The average molecular weight is 558 g/mol. The maximum absolute atomic E-state index is 3.71. The smallest absolute Gasteiger partial charge is 0.0718 e. The summed E-state index contributed by atoms with van der Waals surface area (Å²) in [6.45, 7) is 4.28. The highest BCUT2D eigenvalue weighted by Gasteiger charge is 2.26. The second kappa shape index (κ2) is 10.00. The predicted octanol–water partition coefficient (Wildman–Crippen LogP) is 11.1. The molecule has 5 heteroatoms. The topological polar surface area (TPSA) is 42.6 Å². The lowest BCUT2D eigenvalue weighted by molar-refractivity contribution is 1.24. The fourth-order valence-corrected chi connectivity index (χ4v) is 6.09. The Labute approximate surface area is 252 Å². The van der Waals surface area contributed by atoms with Gasteiger partial charge >= 0.3 is 0 Å². The van der Waals surface area contributed by atoms with Crippen molar-refractivity contribution in [3.63, 3.8) is 0 Å². The van der Waals surface area contributed by atoms with Crippen molar-refractivity contribution in [3.8, 4) is 0 Å². The Hall–Kier alpha value is -5.68. The summed E-state index contributed by atoms with van der Waals surface area (Å²) in [5.41, 5.74) is 15.6. The molecule has 6 aromatic carbocycles. The average Bonchev–Trinajstić information content (AvgIpc) is 3.03. The van der Waals surface area contributed by atoms with Gasteiger partial charge < -0.3 is 25.8 Å². The zero-order valence-corrected chi connectivity index (χ0v) is 24.1. The lowest BCUT2D eigenvalue weighted by atomic mass is 10.0. The Morgan fingerprint density at radius 3 is 1.21 bits per heavy atom. The van der Waals surface area contributed by atoms with E-state index in [9.17, 15) is 0 Å². The summed E-state index contributed by atoms with van der Waals surface area (Å²) in [4.78, 5) is 4.68. The van der Waals surface area contributed by atoms with E-state index in [0.717, 1.165) is 68.2 Å². The zero-order chi connectivity index (χ0) is 28.9. The van der Waals surface area contributed by atoms with E-state index >= 15 is 0 Å². The molecule has 0 amide bonds. The quantitative estimate of drug-likeness (QED) is 0.201. The van der Waals surface area contributed by atoms with Crippen molar-refractivity contribution < 1.29 is 0 Å². The number of para-hydroxylation sites is 2. The van der Waals surface area contributed by atoms with Crippen LogP contribution in [0.25, 0.3) is 0 Å². The first-order valence-corrected chi connectivity index (χ1v) is 14.6. The highest BCUT2D eigenvalue weighted by atomic mass is 15.2. The van der Waals surface area contributed by atoms with E-state index in [4.69, 9.17) is 0 Å². The van der Waals surface area contributed by atoms with E-state index in [-0.39, 0.29) is 0 Å². The Balaban J connectivity index is 1.19. The Kier molecular flexibility index (Phi) is 5.83. The number of nitrogens with one attached hydrogen (secondary N) is 3. The molecule has 0 saturated carbocycles. The van der Waals surface area contributed by atoms with Gasteiger partial charge in [0.05, 0.1) is 45.5 Å². The minimum Gasteiger partial charge on any atom is -0.355 e. The van der Waals surface area contributed by atoms with Crippen molar-refractivity contribution in [2.75, 3.05) is 25.8 Å². The number of rotatable bonds is 4. The van der Waals surface area contributed by atoms with Gasteiger partial charge in [0.15, 0.2) is 0 Å². The van der Waals surface area contributed by atoms with Crippen LogP contribution < -0.4 is 25.8 Å². The highest BCUT2D eigenvalue weighted by Crippen LogP contribution is 2.51. The molecule has 0 aromatic heterocycles. The first-order chi connectivity index (χ1) is 21.1. The first-order valence-electron chi connectivity index (χ1n) is 14.6. The minimum absolute atomic E-state index is 1.02. The largest absolute Gasteiger partial charge is 0.355 e. The SMILES string of the molecule is Cc1ccc2c(c1)N(c1ccccc1)c1cc(Nc3ccc4c(c3)N(c3ccccc3)c3cc(C)ccc3N4)ccc1N2. The van der Waals surface area contributed by atoms with Crippen molar-refractivity contribution >= 4 is 68.2 Å². The fourth-order valence-electron chi connectivity index (χ4n) is 6.09. The number of hydrogen-bond acceptors (Lipinski definition) is 5. The third kappa shape index (κ3) is 4.43. The van der Waals surface area contributed by atoms with Crippen LogP contribution >= 0.6 is 0 Å². The lowest BCUT2D eigenvalue weighted by Gasteiger charge is -2.35. The summed E-state index contributed by atoms with van der Waals surface area (Å²) in [6.07, 6.45) is 0. The molecule has 0 aliphatic carbocycles. The molecule has 0 atom stereocenters. The van der Waals surface area contributed by atoms with E-state index in [1.54, 1.807) is 0 Å². The lowest BCUT2D eigenvalue weighted by Crippen LogP contribution is -2.18. The third-order valence-corrected chi connectivity index (χ3v) is 8.12. The van der Waals surface area contributed by atoms with Crippen LogP contribution in [-0.4, -0.2) is 0 Å². The number of hydrogen-bond donors (Lipinski definition) is 3. The Bertz CT molecular complexity index is 1840. The number of nitrogens with zero attached hydrogens (tertiary/aromatic N) is 2. The van der Waals surface area contributed by atoms with Crippen LogP contribution in [0.3, 0.4) is 0 Å². The molecule has 0 saturated heterocycles. The van der Waals surface area contributed by atoms with Gasteiger partial charge in [0.2, 0.25) is 0 Å². The van der Waals surface area contributed by atoms with E-state index in [0.29, 0.717) is 0 Å². The van der Waals surface area contributed by atoms with Crippen LogP contribution in [0.2, 0.25) is 0 Å². The molecule has 5 nitrogen and oxygen atoms in total. The van der Waals surface area contributed by atoms with Gasteiger partial charge in [0.1, 0.15) is 0 Å².